The Hall–Kier alpha value is -3.53. The van der Waals surface area contributed by atoms with Crippen LogP contribution in [0.2, 0.25) is 0 Å². The highest BCUT2D eigenvalue weighted by atomic mass is 32.2. The minimum absolute atomic E-state index is 0.146. The van der Waals surface area contributed by atoms with Crippen LogP contribution in [0.4, 0.5) is 5.82 Å². The third-order valence-electron chi connectivity index (χ3n) is 4.41. The molecular weight excluding hydrogens is 392 g/mol. The van der Waals surface area contributed by atoms with E-state index in [1.165, 1.54) is 16.8 Å². The van der Waals surface area contributed by atoms with E-state index in [0.29, 0.717) is 22.2 Å². The smallest absolute Gasteiger partial charge is 0.258 e. The number of benzene rings is 1. The lowest BCUT2D eigenvalue weighted by Gasteiger charge is -2.11. The molecule has 0 unspecified atom stereocenters. The van der Waals surface area contributed by atoms with Crippen molar-refractivity contribution < 1.29 is 8.42 Å². The molecule has 1 aromatic carbocycles. The standard InChI is InChI=1S/C19H18N6O3S/c1-24-11-16(18-20-7-6-17(22-18)23-29(3,27)28)15-8-12(4-5-14(15)19(24)26)13-9-21-25(2)10-13/h4-11H,1-3H3,(H,20,22,23). The summed E-state index contributed by atoms with van der Waals surface area (Å²) in [6.45, 7) is 0. The number of aromatic nitrogens is 5. The van der Waals surface area contributed by atoms with Crippen LogP contribution in [0, 0.1) is 0 Å². The summed E-state index contributed by atoms with van der Waals surface area (Å²) in [6.07, 6.45) is 7.80. The highest BCUT2D eigenvalue weighted by Gasteiger charge is 2.14. The molecule has 0 fully saturated rings. The molecule has 0 radical (unpaired) electrons. The number of sulfonamides is 1. The summed E-state index contributed by atoms with van der Waals surface area (Å²) in [4.78, 5) is 21.2. The van der Waals surface area contributed by atoms with Gasteiger partial charge in [-0.05, 0) is 23.8 Å². The Labute approximate surface area is 166 Å². The third kappa shape index (κ3) is 3.74. The molecule has 1 N–H and O–H groups in total. The van der Waals surface area contributed by atoms with Gasteiger partial charge in [0, 0.05) is 54.6 Å². The van der Waals surface area contributed by atoms with Crippen LogP contribution in [0.5, 0.6) is 0 Å². The van der Waals surface area contributed by atoms with Crippen molar-refractivity contribution in [2.24, 2.45) is 14.1 Å². The fourth-order valence-corrected chi connectivity index (χ4v) is 3.62. The molecule has 4 rings (SSSR count). The lowest BCUT2D eigenvalue weighted by atomic mass is 10.0. The maximum Gasteiger partial charge on any atom is 0.258 e. The zero-order chi connectivity index (χ0) is 20.8. The first-order valence-corrected chi connectivity index (χ1v) is 10.5. The molecule has 4 aromatic rings. The lowest BCUT2D eigenvalue weighted by molar-refractivity contribution is 0.606. The highest BCUT2D eigenvalue weighted by molar-refractivity contribution is 7.92. The van der Waals surface area contributed by atoms with Gasteiger partial charge in [-0.2, -0.15) is 5.10 Å². The topological polar surface area (TPSA) is 112 Å². The van der Waals surface area contributed by atoms with Gasteiger partial charge in [0.25, 0.3) is 5.56 Å². The second-order valence-electron chi connectivity index (χ2n) is 6.76. The Bertz CT molecular complexity index is 1410. The lowest BCUT2D eigenvalue weighted by Crippen LogP contribution is -2.17. The second kappa shape index (κ2) is 6.82. The largest absolute Gasteiger partial charge is 0.317 e. The quantitative estimate of drug-likeness (QED) is 0.549. The van der Waals surface area contributed by atoms with Crippen LogP contribution in [0.3, 0.4) is 0 Å². The summed E-state index contributed by atoms with van der Waals surface area (Å²) >= 11 is 0. The Balaban J connectivity index is 1.95. The van der Waals surface area contributed by atoms with Crippen molar-refractivity contribution in [2.45, 2.75) is 0 Å². The van der Waals surface area contributed by atoms with E-state index in [4.69, 9.17) is 0 Å². The van der Waals surface area contributed by atoms with E-state index in [2.05, 4.69) is 19.8 Å². The number of fused-ring (bicyclic) bond motifs is 1. The molecule has 0 aliphatic heterocycles. The van der Waals surface area contributed by atoms with Gasteiger partial charge in [-0.1, -0.05) is 6.07 Å². The third-order valence-corrected chi connectivity index (χ3v) is 4.99. The number of nitrogens with zero attached hydrogens (tertiary/aromatic N) is 5. The minimum Gasteiger partial charge on any atom is -0.317 e. The number of hydrogen-bond acceptors (Lipinski definition) is 6. The average Bonchev–Trinajstić information content (AvgIpc) is 3.09. The molecule has 29 heavy (non-hydrogen) atoms. The van der Waals surface area contributed by atoms with Gasteiger partial charge >= 0.3 is 0 Å². The van der Waals surface area contributed by atoms with E-state index in [-0.39, 0.29) is 11.4 Å². The minimum atomic E-state index is -3.48. The fraction of sp³-hybridized carbons (Fsp3) is 0.158. The van der Waals surface area contributed by atoms with Crippen molar-refractivity contribution >= 4 is 26.6 Å². The Morgan fingerprint density at radius 3 is 2.52 bits per heavy atom. The Kier molecular flexibility index (Phi) is 4.42. The van der Waals surface area contributed by atoms with Crippen LogP contribution >= 0.6 is 0 Å². The summed E-state index contributed by atoms with van der Waals surface area (Å²) in [5.41, 5.74) is 2.27. The van der Waals surface area contributed by atoms with Gasteiger partial charge in [0.05, 0.1) is 12.5 Å². The normalized spacial score (nSPS) is 11.7. The predicted molar refractivity (Wildman–Crippen MR) is 111 cm³/mol. The van der Waals surface area contributed by atoms with Gasteiger partial charge in [0.2, 0.25) is 10.0 Å². The van der Waals surface area contributed by atoms with Crippen LogP contribution in [0.25, 0.3) is 33.3 Å². The van der Waals surface area contributed by atoms with Crippen molar-refractivity contribution in [3.8, 4) is 22.5 Å². The molecule has 0 atom stereocenters. The van der Waals surface area contributed by atoms with Crippen molar-refractivity contribution in [2.75, 3.05) is 11.0 Å². The van der Waals surface area contributed by atoms with Crippen LogP contribution in [0.1, 0.15) is 0 Å². The zero-order valence-electron chi connectivity index (χ0n) is 16.0. The van der Waals surface area contributed by atoms with Gasteiger partial charge in [0.1, 0.15) is 5.82 Å². The van der Waals surface area contributed by atoms with Crippen molar-refractivity contribution in [3.05, 3.63) is 59.4 Å². The molecule has 0 bridgehead atoms. The van der Waals surface area contributed by atoms with Crippen LogP contribution in [-0.2, 0) is 24.1 Å². The number of anilines is 1. The summed E-state index contributed by atoms with van der Waals surface area (Å²) in [6, 6.07) is 6.99. The fourth-order valence-electron chi connectivity index (χ4n) is 3.13. The zero-order valence-corrected chi connectivity index (χ0v) is 16.8. The first-order valence-electron chi connectivity index (χ1n) is 8.65. The molecule has 0 aliphatic rings. The molecule has 148 valence electrons. The van der Waals surface area contributed by atoms with Gasteiger partial charge in [0.15, 0.2) is 5.82 Å². The second-order valence-corrected chi connectivity index (χ2v) is 8.51. The van der Waals surface area contributed by atoms with E-state index in [9.17, 15) is 13.2 Å². The molecule has 0 aliphatic carbocycles. The van der Waals surface area contributed by atoms with Crippen molar-refractivity contribution in [3.63, 3.8) is 0 Å². The van der Waals surface area contributed by atoms with E-state index in [1.54, 1.807) is 30.2 Å². The van der Waals surface area contributed by atoms with Gasteiger partial charge in [-0.15, -0.1) is 0 Å². The van der Waals surface area contributed by atoms with Gasteiger partial charge in [-0.25, -0.2) is 18.4 Å². The number of aryl methyl sites for hydroxylation is 2. The molecule has 10 heteroatoms. The van der Waals surface area contributed by atoms with E-state index < -0.39 is 10.0 Å². The van der Waals surface area contributed by atoms with Gasteiger partial charge in [-0.3, -0.25) is 14.2 Å². The molecule has 0 spiro atoms. The summed E-state index contributed by atoms with van der Waals surface area (Å²) < 4.78 is 28.6. The first kappa shape index (κ1) is 18.8. The number of nitrogens with one attached hydrogen (secondary N) is 1. The van der Waals surface area contributed by atoms with E-state index >= 15 is 0 Å². The van der Waals surface area contributed by atoms with Crippen molar-refractivity contribution in [1.82, 2.24) is 24.3 Å². The van der Waals surface area contributed by atoms with Crippen LogP contribution in [-0.4, -0.2) is 39.0 Å². The monoisotopic (exact) mass is 410 g/mol. The number of rotatable bonds is 4. The summed E-state index contributed by atoms with van der Waals surface area (Å²) in [5.74, 6) is 0.463. The molecule has 0 saturated heterocycles. The molecule has 3 heterocycles. The Morgan fingerprint density at radius 2 is 1.83 bits per heavy atom. The molecular formula is C19H18N6O3S. The highest BCUT2D eigenvalue weighted by Crippen LogP contribution is 2.29. The molecule has 3 aromatic heterocycles. The van der Waals surface area contributed by atoms with Gasteiger partial charge < -0.3 is 4.57 Å². The maximum absolute atomic E-state index is 12.6. The van der Waals surface area contributed by atoms with E-state index in [0.717, 1.165) is 17.4 Å². The summed E-state index contributed by atoms with van der Waals surface area (Å²) in [5, 5.41) is 5.38. The molecule has 0 saturated carbocycles. The Morgan fingerprint density at radius 1 is 1.03 bits per heavy atom. The average molecular weight is 410 g/mol. The van der Waals surface area contributed by atoms with E-state index in [1.807, 2.05) is 25.4 Å². The number of pyridine rings is 1. The van der Waals surface area contributed by atoms with Crippen LogP contribution < -0.4 is 10.3 Å². The number of hydrogen-bond donors (Lipinski definition) is 1. The SMILES string of the molecule is Cn1cc(-c2ccc3c(=O)n(C)cc(-c4nccc(NS(C)(=O)=O)n4)c3c2)cn1. The summed E-state index contributed by atoms with van der Waals surface area (Å²) in [7, 11) is 0.00619. The van der Waals surface area contributed by atoms with Crippen LogP contribution in [0.15, 0.2) is 53.8 Å². The first-order chi connectivity index (χ1) is 13.7. The maximum atomic E-state index is 12.6. The van der Waals surface area contributed by atoms with Crippen molar-refractivity contribution in [1.29, 1.82) is 0 Å². The molecule has 0 amide bonds. The molecule has 9 nitrogen and oxygen atoms in total. The predicted octanol–water partition coefficient (Wildman–Crippen LogP) is 1.77.